The van der Waals surface area contributed by atoms with E-state index in [0.717, 1.165) is 32.1 Å². The molecule has 0 atom stereocenters. The molecule has 2 rings (SSSR count). The summed E-state index contributed by atoms with van der Waals surface area (Å²) in [5, 5.41) is 3.05. The molecule has 0 unspecified atom stereocenters. The normalized spacial score (nSPS) is 22.2. The maximum atomic E-state index is 11.6. The Morgan fingerprint density at radius 1 is 1.30 bits per heavy atom. The second kappa shape index (κ2) is 8.04. The van der Waals surface area contributed by atoms with Crippen LogP contribution in [0.3, 0.4) is 0 Å². The molecule has 110 valence electrons. The number of nitrogens with one attached hydrogen (secondary N) is 1. The summed E-state index contributed by atoms with van der Waals surface area (Å²) in [6, 6.07) is 2.46. The fourth-order valence-electron chi connectivity index (χ4n) is 2.35. The zero-order valence-corrected chi connectivity index (χ0v) is 12.2. The number of hydrogen-bond acceptors (Lipinski definition) is 4. The van der Waals surface area contributed by atoms with E-state index >= 15 is 0 Å². The van der Waals surface area contributed by atoms with Crippen molar-refractivity contribution in [1.82, 2.24) is 15.3 Å². The van der Waals surface area contributed by atoms with Crippen molar-refractivity contribution in [2.75, 3.05) is 5.88 Å². The number of ether oxygens (including phenoxy) is 1. The lowest BCUT2D eigenvalue weighted by atomic mass is 9.93. The van der Waals surface area contributed by atoms with Gasteiger partial charge in [-0.3, -0.25) is 4.79 Å². The van der Waals surface area contributed by atoms with Gasteiger partial charge >= 0.3 is 6.01 Å². The molecule has 20 heavy (non-hydrogen) atoms. The summed E-state index contributed by atoms with van der Waals surface area (Å²) < 4.78 is 5.72. The number of hydrogen-bond donors (Lipinski definition) is 1. The summed E-state index contributed by atoms with van der Waals surface area (Å²) >= 11 is 5.58. The molecule has 1 aromatic heterocycles. The maximum Gasteiger partial charge on any atom is 0.316 e. The molecule has 1 aromatic rings. The van der Waals surface area contributed by atoms with Crippen LogP contribution in [0.5, 0.6) is 6.01 Å². The standard InChI is InChI=1S/C14H20ClN3O2/c15-8-1-3-13(19)18-11-4-6-12(7-5-11)20-14-16-9-2-10-17-14/h2,9-12H,1,3-8H2,(H,18,19). The Hall–Kier alpha value is -1.36. The van der Waals surface area contributed by atoms with E-state index in [1.165, 1.54) is 0 Å². The highest BCUT2D eigenvalue weighted by Gasteiger charge is 2.23. The number of rotatable bonds is 6. The van der Waals surface area contributed by atoms with E-state index in [2.05, 4.69) is 15.3 Å². The minimum Gasteiger partial charge on any atom is -0.460 e. The number of halogens is 1. The van der Waals surface area contributed by atoms with Gasteiger partial charge in [0.1, 0.15) is 6.10 Å². The summed E-state index contributed by atoms with van der Waals surface area (Å²) in [5.41, 5.74) is 0. The molecule has 1 N–H and O–H groups in total. The van der Waals surface area contributed by atoms with E-state index in [9.17, 15) is 4.79 Å². The quantitative estimate of drug-likeness (QED) is 0.818. The highest BCUT2D eigenvalue weighted by Crippen LogP contribution is 2.22. The van der Waals surface area contributed by atoms with Gasteiger partial charge in [0.15, 0.2) is 0 Å². The van der Waals surface area contributed by atoms with Crippen molar-refractivity contribution in [3.05, 3.63) is 18.5 Å². The van der Waals surface area contributed by atoms with Crippen LogP contribution in [0, 0.1) is 0 Å². The minimum atomic E-state index is 0.0985. The molecule has 0 saturated heterocycles. The Balaban J connectivity index is 1.68. The summed E-state index contributed by atoms with van der Waals surface area (Å²) in [4.78, 5) is 19.7. The van der Waals surface area contributed by atoms with E-state index in [4.69, 9.17) is 16.3 Å². The Bertz CT molecular complexity index is 408. The first-order chi connectivity index (χ1) is 9.78. The van der Waals surface area contributed by atoms with Crippen molar-refractivity contribution in [2.24, 2.45) is 0 Å². The summed E-state index contributed by atoms with van der Waals surface area (Å²) in [6.45, 7) is 0. The number of amides is 1. The fraction of sp³-hybridized carbons (Fsp3) is 0.643. The Kier molecular flexibility index (Phi) is 6.05. The molecular weight excluding hydrogens is 278 g/mol. The first kappa shape index (κ1) is 15.0. The van der Waals surface area contributed by atoms with Crippen molar-refractivity contribution in [2.45, 2.75) is 50.7 Å². The average molecular weight is 298 g/mol. The van der Waals surface area contributed by atoms with Gasteiger partial charge in [0.05, 0.1) is 0 Å². The third-order valence-corrected chi connectivity index (χ3v) is 3.66. The highest BCUT2D eigenvalue weighted by molar-refractivity contribution is 6.17. The van der Waals surface area contributed by atoms with Crippen molar-refractivity contribution >= 4 is 17.5 Å². The summed E-state index contributed by atoms with van der Waals surface area (Å²) in [6.07, 6.45) is 8.44. The second-order valence-corrected chi connectivity index (χ2v) is 5.36. The van der Waals surface area contributed by atoms with Crippen LogP contribution in [0.4, 0.5) is 0 Å². The predicted molar refractivity (Wildman–Crippen MR) is 76.8 cm³/mol. The Morgan fingerprint density at radius 2 is 2.00 bits per heavy atom. The summed E-state index contributed by atoms with van der Waals surface area (Å²) in [5.74, 6) is 0.631. The zero-order valence-electron chi connectivity index (χ0n) is 11.4. The zero-order chi connectivity index (χ0) is 14.2. The summed E-state index contributed by atoms with van der Waals surface area (Å²) in [7, 11) is 0. The van der Waals surface area contributed by atoms with Crippen molar-refractivity contribution in [3.63, 3.8) is 0 Å². The number of carbonyl (C=O) groups is 1. The van der Waals surface area contributed by atoms with Crippen molar-refractivity contribution in [1.29, 1.82) is 0 Å². The molecular formula is C14H20ClN3O2. The lowest BCUT2D eigenvalue weighted by molar-refractivity contribution is -0.122. The molecule has 0 radical (unpaired) electrons. The molecule has 5 nitrogen and oxygen atoms in total. The third-order valence-electron chi connectivity index (χ3n) is 3.39. The van der Waals surface area contributed by atoms with Gasteiger partial charge in [0.2, 0.25) is 5.91 Å². The van der Waals surface area contributed by atoms with E-state index in [0.29, 0.717) is 18.3 Å². The van der Waals surface area contributed by atoms with Crippen LogP contribution >= 0.6 is 11.6 Å². The highest BCUT2D eigenvalue weighted by atomic mass is 35.5. The van der Waals surface area contributed by atoms with Gasteiger partial charge in [-0.15, -0.1) is 11.6 Å². The molecule has 0 aromatic carbocycles. The first-order valence-electron chi connectivity index (χ1n) is 7.07. The maximum absolute atomic E-state index is 11.6. The van der Waals surface area contributed by atoms with Crippen molar-refractivity contribution < 1.29 is 9.53 Å². The number of aromatic nitrogens is 2. The van der Waals surface area contributed by atoms with Gasteiger partial charge in [-0.05, 0) is 38.2 Å². The molecule has 0 bridgehead atoms. The smallest absolute Gasteiger partial charge is 0.316 e. The molecule has 1 fully saturated rings. The molecule has 1 heterocycles. The average Bonchev–Trinajstić information content (AvgIpc) is 2.48. The SMILES string of the molecule is O=C(CCCCl)NC1CCC(Oc2ncccn2)CC1. The molecule has 1 aliphatic carbocycles. The number of alkyl halides is 1. The second-order valence-electron chi connectivity index (χ2n) is 4.98. The van der Waals surface area contributed by atoms with E-state index in [-0.39, 0.29) is 18.1 Å². The van der Waals surface area contributed by atoms with Crippen LogP contribution in [0.2, 0.25) is 0 Å². The van der Waals surface area contributed by atoms with Crippen LogP contribution in [0.1, 0.15) is 38.5 Å². The molecule has 0 aliphatic heterocycles. The molecule has 1 aliphatic rings. The molecule has 1 saturated carbocycles. The monoisotopic (exact) mass is 297 g/mol. The van der Waals surface area contributed by atoms with Gasteiger partial charge in [-0.1, -0.05) is 0 Å². The molecule has 0 spiro atoms. The molecule has 6 heteroatoms. The van der Waals surface area contributed by atoms with Crippen LogP contribution in [-0.4, -0.2) is 33.9 Å². The van der Waals surface area contributed by atoms with Crippen LogP contribution < -0.4 is 10.1 Å². The van der Waals surface area contributed by atoms with Gasteiger partial charge < -0.3 is 10.1 Å². The van der Waals surface area contributed by atoms with Gasteiger partial charge in [-0.2, -0.15) is 0 Å². The van der Waals surface area contributed by atoms with E-state index in [1.54, 1.807) is 18.5 Å². The van der Waals surface area contributed by atoms with Gasteiger partial charge in [0.25, 0.3) is 0 Å². The fourth-order valence-corrected chi connectivity index (χ4v) is 2.48. The minimum absolute atomic E-state index is 0.0985. The lowest BCUT2D eigenvalue weighted by Crippen LogP contribution is -2.39. The Labute approximate surface area is 124 Å². The van der Waals surface area contributed by atoms with Gasteiger partial charge in [-0.25, -0.2) is 9.97 Å². The van der Waals surface area contributed by atoms with Crippen LogP contribution in [0.15, 0.2) is 18.5 Å². The van der Waals surface area contributed by atoms with E-state index in [1.807, 2.05) is 0 Å². The van der Waals surface area contributed by atoms with Gasteiger partial charge in [0, 0.05) is 30.7 Å². The van der Waals surface area contributed by atoms with E-state index < -0.39 is 0 Å². The molecule has 1 amide bonds. The topological polar surface area (TPSA) is 64.1 Å². The number of nitrogens with zero attached hydrogens (tertiary/aromatic N) is 2. The Morgan fingerprint density at radius 3 is 2.65 bits per heavy atom. The number of carbonyl (C=O) groups excluding carboxylic acids is 1. The van der Waals surface area contributed by atoms with Crippen molar-refractivity contribution in [3.8, 4) is 6.01 Å². The lowest BCUT2D eigenvalue weighted by Gasteiger charge is -2.28. The third kappa shape index (κ3) is 4.96. The largest absolute Gasteiger partial charge is 0.460 e. The van der Waals surface area contributed by atoms with Crippen LogP contribution in [0.25, 0.3) is 0 Å². The predicted octanol–water partition coefficient (Wildman–Crippen LogP) is 2.30. The van der Waals surface area contributed by atoms with Crippen LogP contribution in [-0.2, 0) is 4.79 Å². The first-order valence-corrected chi connectivity index (χ1v) is 7.60.